The molecule has 0 unspecified atom stereocenters. The SMILES string of the molecule is c1ccc2c(c1)CCN(c1ncnc3sccc13)C2. The first-order valence-corrected chi connectivity index (χ1v) is 7.30. The summed E-state index contributed by atoms with van der Waals surface area (Å²) in [5, 5.41) is 3.26. The minimum absolute atomic E-state index is 0.943. The molecule has 2 aromatic heterocycles. The molecule has 1 aromatic carbocycles. The maximum absolute atomic E-state index is 4.50. The lowest BCUT2D eigenvalue weighted by molar-refractivity contribution is 0.723. The third kappa shape index (κ3) is 1.79. The molecule has 1 aliphatic heterocycles. The molecule has 0 radical (unpaired) electrons. The van der Waals surface area contributed by atoms with Crippen LogP contribution >= 0.6 is 11.3 Å². The van der Waals surface area contributed by atoms with Crippen LogP contribution < -0.4 is 4.90 Å². The van der Waals surface area contributed by atoms with Gasteiger partial charge in [0.2, 0.25) is 0 Å². The van der Waals surface area contributed by atoms with E-state index in [1.54, 1.807) is 17.7 Å². The third-order valence-corrected chi connectivity index (χ3v) is 4.49. The first kappa shape index (κ1) is 10.9. The molecule has 0 saturated carbocycles. The molecule has 3 nitrogen and oxygen atoms in total. The highest BCUT2D eigenvalue weighted by molar-refractivity contribution is 7.16. The van der Waals surface area contributed by atoms with E-state index in [0.717, 1.165) is 30.2 Å². The Balaban J connectivity index is 1.77. The molecule has 0 spiro atoms. The highest BCUT2D eigenvalue weighted by Gasteiger charge is 2.19. The van der Waals surface area contributed by atoms with Gasteiger partial charge in [-0.05, 0) is 29.0 Å². The standard InChI is InChI=1S/C15H13N3S/c1-2-4-12-9-18(7-5-11(12)3-1)14-13-6-8-19-15(13)17-10-16-14/h1-4,6,8,10H,5,7,9H2. The number of hydrogen-bond donors (Lipinski definition) is 0. The summed E-state index contributed by atoms with van der Waals surface area (Å²) in [7, 11) is 0. The van der Waals surface area contributed by atoms with Crippen molar-refractivity contribution in [2.75, 3.05) is 11.4 Å². The summed E-state index contributed by atoms with van der Waals surface area (Å²) in [6, 6.07) is 10.8. The van der Waals surface area contributed by atoms with Crippen LogP contribution in [0.25, 0.3) is 10.2 Å². The van der Waals surface area contributed by atoms with Crippen molar-refractivity contribution in [2.45, 2.75) is 13.0 Å². The topological polar surface area (TPSA) is 29.0 Å². The van der Waals surface area contributed by atoms with Crippen molar-refractivity contribution in [3.63, 3.8) is 0 Å². The van der Waals surface area contributed by atoms with E-state index in [4.69, 9.17) is 0 Å². The van der Waals surface area contributed by atoms with Crippen LogP contribution in [0.4, 0.5) is 5.82 Å². The molecule has 0 bridgehead atoms. The molecule has 94 valence electrons. The van der Waals surface area contributed by atoms with Gasteiger partial charge < -0.3 is 4.90 Å². The monoisotopic (exact) mass is 267 g/mol. The zero-order valence-corrected chi connectivity index (χ0v) is 11.2. The Morgan fingerprint density at radius 1 is 1.05 bits per heavy atom. The van der Waals surface area contributed by atoms with Crippen LogP contribution in [0.15, 0.2) is 42.0 Å². The Morgan fingerprint density at radius 2 is 1.95 bits per heavy atom. The summed E-state index contributed by atoms with van der Waals surface area (Å²) in [6.45, 7) is 1.97. The number of thiophene rings is 1. The molecule has 3 heterocycles. The molecule has 0 amide bonds. The summed E-state index contributed by atoms with van der Waals surface area (Å²) >= 11 is 1.67. The minimum Gasteiger partial charge on any atom is -0.351 e. The average Bonchev–Trinajstić information content (AvgIpc) is 2.95. The van der Waals surface area contributed by atoms with E-state index < -0.39 is 0 Å². The van der Waals surface area contributed by atoms with E-state index in [1.807, 2.05) is 0 Å². The van der Waals surface area contributed by atoms with Crippen LogP contribution in [0.3, 0.4) is 0 Å². The second-order valence-electron chi connectivity index (χ2n) is 4.78. The Morgan fingerprint density at radius 3 is 2.89 bits per heavy atom. The van der Waals surface area contributed by atoms with Gasteiger partial charge in [0, 0.05) is 13.1 Å². The number of hydrogen-bond acceptors (Lipinski definition) is 4. The molecule has 0 fully saturated rings. The fraction of sp³-hybridized carbons (Fsp3) is 0.200. The summed E-state index contributed by atoms with van der Waals surface area (Å²) in [4.78, 5) is 12.3. The number of nitrogens with zero attached hydrogens (tertiary/aromatic N) is 3. The van der Waals surface area contributed by atoms with E-state index in [9.17, 15) is 0 Å². The van der Waals surface area contributed by atoms with Crippen LogP contribution in [0.1, 0.15) is 11.1 Å². The van der Waals surface area contributed by atoms with Gasteiger partial charge in [-0.2, -0.15) is 0 Å². The van der Waals surface area contributed by atoms with Crippen LogP contribution in [0.2, 0.25) is 0 Å². The lowest BCUT2D eigenvalue weighted by Gasteiger charge is -2.30. The van der Waals surface area contributed by atoms with Gasteiger partial charge in [-0.3, -0.25) is 0 Å². The van der Waals surface area contributed by atoms with Crippen LogP contribution in [-0.4, -0.2) is 16.5 Å². The van der Waals surface area contributed by atoms with Crippen molar-refractivity contribution in [3.05, 3.63) is 53.2 Å². The molecular formula is C15H13N3S. The van der Waals surface area contributed by atoms with Crippen LogP contribution in [0.5, 0.6) is 0 Å². The van der Waals surface area contributed by atoms with Gasteiger partial charge in [-0.1, -0.05) is 24.3 Å². The normalized spacial score (nSPS) is 14.6. The van der Waals surface area contributed by atoms with Gasteiger partial charge >= 0.3 is 0 Å². The van der Waals surface area contributed by atoms with Crippen molar-refractivity contribution >= 4 is 27.4 Å². The number of benzene rings is 1. The third-order valence-electron chi connectivity index (χ3n) is 3.67. The fourth-order valence-corrected chi connectivity index (χ4v) is 3.43. The zero-order chi connectivity index (χ0) is 12.7. The predicted octanol–water partition coefficient (Wildman–Crippen LogP) is 3.25. The van der Waals surface area contributed by atoms with Crippen LogP contribution in [0, 0.1) is 0 Å². The van der Waals surface area contributed by atoms with E-state index in [2.05, 4.69) is 50.6 Å². The molecule has 1 aliphatic rings. The second kappa shape index (κ2) is 4.31. The molecule has 4 heteroatoms. The van der Waals surface area contributed by atoms with Crippen molar-refractivity contribution in [1.82, 2.24) is 9.97 Å². The number of rotatable bonds is 1. The van der Waals surface area contributed by atoms with Gasteiger partial charge in [-0.15, -0.1) is 11.3 Å². The maximum atomic E-state index is 4.50. The fourth-order valence-electron chi connectivity index (χ4n) is 2.71. The first-order chi connectivity index (χ1) is 9.42. The van der Waals surface area contributed by atoms with Gasteiger partial charge in [0.25, 0.3) is 0 Å². The zero-order valence-electron chi connectivity index (χ0n) is 10.4. The molecule has 4 rings (SSSR count). The molecule has 0 aliphatic carbocycles. The van der Waals surface area contributed by atoms with E-state index in [1.165, 1.54) is 16.5 Å². The van der Waals surface area contributed by atoms with Crippen LogP contribution in [-0.2, 0) is 13.0 Å². The van der Waals surface area contributed by atoms with Crippen molar-refractivity contribution < 1.29 is 0 Å². The summed E-state index contributed by atoms with van der Waals surface area (Å²) in [5.74, 6) is 1.07. The Labute approximate surface area is 115 Å². The van der Waals surface area contributed by atoms with E-state index >= 15 is 0 Å². The lowest BCUT2D eigenvalue weighted by Crippen LogP contribution is -2.31. The number of fused-ring (bicyclic) bond motifs is 2. The Hall–Kier alpha value is -1.94. The van der Waals surface area contributed by atoms with Crippen molar-refractivity contribution in [2.24, 2.45) is 0 Å². The summed E-state index contributed by atoms with van der Waals surface area (Å²) in [6.07, 6.45) is 2.76. The molecular weight excluding hydrogens is 254 g/mol. The van der Waals surface area contributed by atoms with Gasteiger partial charge in [0.05, 0.1) is 5.39 Å². The number of aromatic nitrogens is 2. The minimum atomic E-state index is 0.943. The molecule has 0 atom stereocenters. The summed E-state index contributed by atoms with van der Waals surface area (Å²) in [5.41, 5.74) is 2.88. The highest BCUT2D eigenvalue weighted by Crippen LogP contribution is 2.30. The summed E-state index contributed by atoms with van der Waals surface area (Å²) < 4.78 is 0. The Bertz CT molecular complexity index is 735. The first-order valence-electron chi connectivity index (χ1n) is 6.42. The molecule has 0 N–H and O–H groups in total. The van der Waals surface area contributed by atoms with Gasteiger partial charge in [0.1, 0.15) is 17.0 Å². The van der Waals surface area contributed by atoms with E-state index in [0.29, 0.717) is 0 Å². The van der Waals surface area contributed by atoms with Gasteiger partial charge in [0.15, 0.2) is 0 Å². The maximum Gasteiger partial charge on any atom is 0.141 e. The second-order valence-corrected chi connectivity index (χ2v) is 5.67. The molecule has 0 saturated heterocycles. The highest BCUT2D eigenvalue weighted by atomic mass is 32.1. The van der Waals surface area contributed by atoms with Gasteiger partial charge in [-0.25, -0.2) is 9.97 Å². The van der Waals surface area contributed by atoms with E-state index in [-0.39, 0.29) is 0 Å². The average molecular weight is 267 g/mol. The Kier molecular flexibility index (Phi) is 2.48. The van der Waals surface area contributed by atoms with Crippen molar-refractivity contribution in [3.8, 4) is 0 Å². The molecule has 3 aromatic rings. The largest absolute Gasteiger partial charge is 0.351 e. The van der Waals surface area contributed by atoms with Crippen molar-refractivity contribution in [1.29, 1.82) is 0 Å². The predicted molar refractivity (Wildman–Crippen MR) is 78.6 cm³/mol. The lowest BCUT2D eigenvalue weighted by atomic mass is 10.00. The smallest absolute Gasteiger partial charge is 0.141 e. The quantitative estimate of drug-likeness (QED) is 0.677. The molecule has 19 heavy (non-hydrogen) atoms. The number of anilines is 1.